The number of carbonyl (C=O) groups is 1. The molecule has 0 spiro atoms. The minimum Gasteiger partial charge on any atom is -0.497 e. The van der Waals surface area contributed by atoms with E-state index >= 15 is 0 Å². The molecule has 1 aliphatic heterocycles. The molecule has 25 heavy (non-hydrogen) atoms. The lowest BCUT2D eigenvalue weighted by Gasteiger charge is -2.18. The van der Waals surface area contributed by atoms with Crippen LogP contribution in [0.5, 0.6) is 11.5 Å². The largest absolute Gasteiger partial charge is 0.497 e. The third kappa shape index (κ3) is 5.24. The van der Waals surface area contributed by atoms with Crippen LogP contribution in [0.25, 0.3) is 5.57 Å². The molecule has 0 saturated heterocycles. The summed E-state index contributed by atoms with van der Waals surface area (Å²) in [5, 5.41) is 0. The summed E-state index contributed by atoms with van der Waals surface area (Å²) >= 11 is 0. The molecule has 0 amide bonds. The maximum Gasteiger partial charge on any atom is 0.330 e. The van der Waals surface area contributed by atoms with E-state index in [0.717, 1.165) is 28.2 Å². The molecule has 0 fully saturated rings. The van der Waals surface area contributed by atoms with Crippen molar-refractivity contribution in [1.29, 1.82) is 0 Å². The maximum absolute atomic E-state index is 11.6. The van der Waals surface area contributed by atoms with Gasteiger partial charge in [0.05, 0.1) is 20.3 Å². The molecule has 0 aliphatic carbocycles. The van der Waals surface area contributed by atoms with Crippen molar-refractivity contribution in [1.82, 2.24) is 0 Å². The van der Waals surface area contributed by atoms with Gasteiger partial charge in [0.15, 0.2) is 0 Å². The second-order valence-corrected chi connectivity index (χ2v) is 6.71. The Balaban J connectivity index is 2.35. The summed E-state index contributed by atoms with van der Waals surface area (Å²) in [6.45, 7) is 8.89. The van der Waals surface area contributed by atoms with E-state index in [2.05, 4.69) is 19.9 Å². The molecule has 0 N–H and O–H groups in total. The van der Waals surface area contributed by atoms with Crippen LogP contribution in [0.15, 0.2) is 48.1 Å². The quantitative estimate of drug-likeness (QED) is 0.447. The molecule has 0 radical (unpaired) electrons. The predicted molar refractivity (Wildman–Crippen MR) is 99.8 cm³/mol. The topological polar surface area (TPSA) is 44.8 Å². The van der Waals surface area contributed by atoms with Crippen molar-refractivity contribution in [3.8, 4) is 11.5 Å². The molecule has 2 rings (SSSR count). The third-order valence-corrected chi connectivity index (χ3v) is 3.80. The lowest BCUT2D eigenvalue weighted by atomic mass is 9.90. The van der Waals surface area contributed by atoms with Crippen LogP contribution in [-0.2, 0) is 9.53 Å². The van der Waals surface area contributed by atoms with Crippen molar-refractivity contribution in [2.45, 2.75) is 27.7 Å². The van der Waals surface area contributed by atoms with Gasteiger partial charge in [0.25, 0.3) is 0 Å². The van der Waals surface area contributed by atoms with Gasteiger partial charge >= 0.3 is 5.97 Å². The summed E-state index contributed by atoms with van der Waals surface area (Å²) in [7, 11) is 1.64. The van der Waals surface area contributed by atoms with Crippen molar-refractivity contribution < 1.29 is 19.0 Å². The molecule has 0 aromatic heterocycles. The Labute approximate surface area is 149 Å². The summed E-state index contributed by atoms with van der Waals surface area (Å²) in [6.07, 6.45) is 7.61. The number of ether oxygens (including phenoxy) is 3. The van der Waals surface area contributed by atoms with E-state index in [9.17, 15) is 4.79 Å². The Kier molecular flexibility index (Phi) is 6.07. The van der Waals surface area contributed by atoms with Crippen molar-refractivity contribution in [3.05, 3.63) is 53.6 Å². The van der Waals surface area contributed by atoms with Gasteiger partial charge in [0, 0.05) is 23.1 Å². The minimum atomic E-state index is -0.326. The summed E-state index contributed by atoms with van der Waals surface area (Å²) in [4.78, 5) is 11.6. The molecule has 0 saturated carbocycles. The van der Waals surface area contributed by atoms with Gasteiger partial charge < -0.3 is 14.2 Å². The third-order valence-electron chi connectivity index (χ3n) is 3.80. The summed E-state index contributed by atoms with van der Waals surface area (Å²) in [5.74, 6) is 1.24. The molecule has 1 aromatic carbocycles. The number of methoxy groups -OCH3 is 1. The van der Waals surface area contributed by atoms with E-state index in [1.165, 1.54) is 6.08 Å². The number of benzene rings is 1. The molecule has 0 bridgehead atoms. The lowest BCUT2D eigenvalue weighted by molar-refractivity contribution is -0.137. The van der Waals surface area contributed by atoms with E-state index in [1.54, 1.807) is 14.0 Å². The Morgan fingerprint density at radius 3 is 2.80 bits per heavy atom. The van der Waals surface area contributed by atoms with Crippen molar-refractivity contribution in [2.75, 3.05) is 20.3 Å². The van der Waals surface area contributed by atoms with E-state index in [4.69, 9.17) is 14.2 Å². The first kappa shape index (κ1) is 18.8. The van der Waals surface area contributed by atoms with Gasteiger partial charge in [-0.2, -0.15) is 0 Å². The van der Waals surface area contributed by atoms with Gasteiger partial charge in [-0.05, 0) is 37.1 Å². The van der Waals surface area contributed by atoms with Gasteiger partial charge in [-0.15, -0.1) is 0 Å². The minimum absolute atomic E-state index is 0.106. The van der Waals surface area contributed by atoms with Crippen LogP contribution in [0.3, 0.4) is 0 Å². The number of hydrogen-bond acceptors (Lipinski definition) is 4. The second kappa shape index (κ2) is 8.06. The van der Waals surface area contributed by atoms with Gasteiger partial charge in [0.2, 0.25) is 0 Å². The zero-order valence-corrected chi connectivity index (χ0v) is 15.6. The van der Waals surface area contributed by atoms with Crippen LogP contribution in [0.4, 0.5) is 0 Å². The van der Waals surface area contributed by atoms with Gasteiger partial charge in [-0.1, -0.05) is 32.1 Å². The predicted octanol–water partition coefficient (Wildman–Crippen LogP) is 4.56. The zero-order valence-electron chi connectivity index (χ0n) is 15.6. The number of hydrogen-bond donors (Lipinski definition) is 0. The average molecular weight is 342 g/mol. The molecular weight excluding hydrogens is 316 g/mol. The fourth-order valence-corrected chi connectivity index (χ4v) is 2.57. The number of fused-ring (bicyclic) bond motifs is 1. The van der Waals surface area contributed by atoms with Crippen LogP contribution in [0.1, 0.15) is 33.3 Å². The van der Waals surface area contributed by atoms with Crippen molar-refractivity contribution >= 4 is 11.5 Å². The maximum atomic E-state index is 11.6. The Bertz CT molecular complexity index is 723. The van der Waals surface area contributed by atoms with Crippen LogP contribution < -0.4 is 9.47 Å². The Hall–Kier alpha value is -2.49. The summed E-state index contributed by atoms with van der Waals surface area (Å²) in [6, 6.07) is 5.82. The average Bonchev–Trinajstić information content (AvgIpc) is 2.69. The lowest BCUT2D eigenvalue weighted by Crippen LogP contribution is -2.17. The van der Waals surface area contributed by atoms with E-state index in [0.29, 0.717) is 13.2 Å². The number of allylic oxidation sites excluding steroid dienone is 4. The van der Waals surface area contributed by atoms with Crippen molar-refractivity contribution in [2.24, 2.45) is 5.41 Å². The first-order valence-corrected chi connectivity index (χ1v) is 8.42. The molecule has 4 nitrogen and oxygen atoms in total. The standard InChI is InChI=1S/C21H26O4/c1-6-24-20(22)11-15(2)7-8-16-13-21(3,4)14-25-19-12-17(23-5)9-10-18(16)19/h7-13H,6,14H2,1-5H3/b8-7+,15-11+. The van der Waals surface area contributed by atoms with Crippen LogP contribution in [0, 0.1) is 5.41 Å². The highest BCUT2D eigenvalue weighted by molar-refractivity contribution is 5.84. The highest BCUT2D eigenvalue weighted by atomic mass is 16.5. The first-order valence-electron chi connectivity index (χ1n) is 8.42. The first-order chi connectivity index (χ1) is 11.8. The number of carbonyl (C=O) groups excluding carboxylic acids is 1. The second-order valence-electron chi connectivity index (χ2n) is 6.71. The van der Waals surface area contributed by atoms with Gasteiger partial charge in [-0.25, -0.2) is 4.79 Å². The van der Waals surface area contributed by atoms with Crippen LogP contribution in [-0.4, -0.2) is 26.3 Å². The fraction of sp³-hybridized carbons (Fsp3) is 0.381. The van der Waals surface area contributed by atoms with E-state index in [-0.39, 0.29) is 11.4 Å². The van der Waals surface area contributed by atoms with Crippen molar-refractivity contribution in [3.63, 3.8) is 0 Å². The SMILES string of the molecule is CCOC(=O)/C=C(C)/C=C/C1=CC(C)(C)COc2cc(OC)ccc21. The zero-order chi connectivity index (χ0) is 18.4. The Morgan fingerprint density at radius 2 is 2.12 bits per heavy atom. The normalized spacial score (nSPS) is 16.5. The monoisotopic (exact) mass is 342 g/mol. The highest BCUT2D eigenvalue weighted by Crippen LogP contribution is 2.37. The number of esters is 1. The van der Waals surface area contributed by atoms with Gasteiger partial charge in [0.1, 0.15) is 11.5 Å². The molecular formula is C21H26O4. The van der Waals surface area contributed by atoms with Gasteiger partial charge in [-0.3, -0.25) is 0 Å². The van der Waals surface area contributed by atoms with Crippen LogP contribution in [0.2, 0.25) is 0 Å². The summed E-state index contributed by atoms with van der Waals surface area (Å²) < 4.78 is 16.2. The van der Waals surface area contributed by atoms with E-state index < -0.39 is 0 Å². The molecule has 0 unspecified atom stereocenters. The van der Waals surface area contributed by atoms with Crippen LogP contribution >= 0.6 is 0 Å². The molecule has 1 aromatic rings. The molecule has 0 atom stereocenters. The Morgan fingerprint density at radius 1 is 1.36 bits per heavy atom. The van der Waals surface area contributed by atoms with E-state index in [1.807, 2.05) is 37.3 Å². The number of rotatable bonds is 5. The molecule has 4 heteroatoms. The fourth-order valence-electron chi connectivity index (χ4n) is 2.57. The highest BCUT2D eigenvalue weighted by Gasteiger charge is 2.23. The molecule has 134 valence electrons. The smallest absolute Gasteiger partial charge is 0.330 e. The summed E-state index contributed by atoms with van der Waals surface area (Å²) in [5.41, 5.74) is 2.78. The molecule has 1 heterocycles. The molecule has 1 aliphatic rings.